The van der Waals surface area contributed by atoms with Crippen molar-refractivity contribution in [2.24, 2.45) is 0 Å². The molecule has 208 valence electrons. The number of hydrogen-bond acceptors (Lipinski definition) is 4. The number of benzene rings is 2. The molecule has 6 rings (SSSR count). The van der Waals surface area contributed by atoms with Crippen LogP contribution >= 0.6 is 12.4 Å². The predicted octanol–water partition coefficient (Wildman–Crippen LogP) is 5.93. The van der Waals surface area contributed by atoms with Crippen LogP contribution in [0.1, 0.15) is 66.8 Å². The van der Waals surface area contributed by atoms with Crippen molar-refractivity contribution in [1.29, 1.82) is 0 Å². The Morgan fingerprint density at radius 3 is 2.54 bits per heavy atom. The van der Waals surface area contributed by atoms with E-state index in [9.17, 15) is 14.7 Å². The minimum atomic E-state index is -0.904. The van der Waals surface area contributed by atoms with Crippen LogP contribution in [-0.4, -0.2) is 65.8 Å². The molecular formula is C31H38ClN3O4. The summed E-state index contributed by atoms with van der Waals surface area (Å²) in [6.45, 7) is 3.14. The number of methoxy groups -OCH3 is 1. The van der Waals surface area contributed by atoms with E-state index in [2.05, 4.69) is 33.7 Å². The lowest BCUT2D eigenvalue weighted by Crippen LogP contribution is -2.47. The minimum absolute atomic E-state index is 0. The molecule has 3 heterocycles. The maximum Gasteiger partial charge on any atom is 0.335 e. The normalized spacial score (nSPS) is 19.7. The number of piperidine rings is 1. The van der Waals surface area contributed by atoms with Crippen LogP contribution in [0.4, 0.5) is 5.69 Å². The van der Waals surface area contributed by atoms with Crippen molar-refractivity contribution >= 4 is 40.9 Å². The number of ether oxygens (including phenoxy) is 1. The van der Waals surface area contributed by atoms with Crippen LogP contribution in [0.15, 0.2) is 42.5 Å². The van der Waals surface area contributed by atoms with Gasteiger partial charge in [-0.1, -0.05) is 43.5 Å². The molecule has 1 aromatic heterocycles. The van der Waals surface area contributed by atoms with Gasteiger partial charge >= 0.3 is 5.97 Å². The molecule has 1 unspecified atom stereocenters. The zero-order valence-corrected chi connectivity index (χ0v) is 23.4. The van der Waals surface area contributed by atoms with E-state index in [-0.39, 0.29) is 24.4 Å². The molecule has 3 aromatic rings. The van der Waals surface area contributed by atoms with Gasteiger partial charge < -0.3 is 24.2 Å². The summed E-state index contributed by atoms with van der Waals surface area (Å²) in [4.78, 5) is 29.5. The molecule has 0 radical (unpaired) electrons. The van der Waals surface area contributed by atoms with Gasteiger partial charge in [0.15, 0.2) is 0 Å². The lowest BCUT2D eigenvalue weighted by atomic mass is 9.81. The number of aromatic nitrogens is 1. The molecule has 1 aliphatic carbocycles. The van der Waals surface area contributed by atoms with Crippen LogP contribution in [-0.2, 0) is 16.1 Å². The summed E-state index contributed by atoms with van der Waals surface area (Å²) in [5.41, 5.74) is 6.09. The maximum absolute atomic E-state index is 13.5. The number of nitrogens with zero attached hydrogens (tertiary/aromatic N) is 3. The Bertz CT molecular complexity index is 1360. The molecule has 0 bridgehead atoms. The van der Waals surface area contributed by atoms with Gasteiger partial charge in [-0.25, -0.2) is 4.79 Å². The van der Waals surface area contributed by atoms with Crippen molar-refractivity contribution in [3.8, 4) is 11.3 Å². The maximum atomic E-state index is 13.5. The molecule has 1 N–H and O–H groups in total. The average molecular weight is 552 g/mol. The predicted molar refractivity (Wildman–Crippen MR) is 156 cm³/mol. The van der Waals surface area contributed by atoms with Crippen LogP contribution in [0.3, 0.4) is 0 Å². The number of carbonyl (C=O) groups excluding carboxylic acids is 1. The quantitative estimate of drug-likeness (QED) is 0.425. The summed E-state index contributed by atoms with van der Waals surface area (Å²) >= 11 is 0. The van der Waals surface area contributed by atoms with Gasteiger partial charge in [0.05, 0.1) is 23.9 Å². The van der Waals surface area contributed by atoms with Gasteiger partial charge in [0.25, 0.3) is 0 Å². The third-order valence-electron chi connectivity index (χ3n) is 8.85. The molecule has 1 atom stereocenters. The van der Waals surface area contributed by atoms with Crippen molar-refractivity contribution in [3.63, 3.8) is 0 Å². The Kier molecular flexibility index (Phi) is 8.19. The minimum Gasteiger partial charge on any atom is -0.478 e. The number of carboxylic acids is 1. The van der Waals surface area contributed by atoms with Crippen LogP contribution in [0, 0.1) is 0 Å². The van der Waals surface area contributed by atoms with E-state index in [0.29, 0.717) is 37.7 Å². The highest BCUT2D eigenvalue weighted by Crippen LogP contribution is 2.47. The number of para-hydroxylation sites is 1. The molecular weight excluding hydrogens is 514 g/mol. The third-order valence-corrected chi connectivity index (χ3v) is 8.85. The first-order valence-electron chi connectivity index (χ1n) is 14.1. The topological polar surface area (TPSA) is 75.0 Å². The number of carboxylic acid groups (broad SMARTS) is 1. The van der Waals surface area contributed by atoms with Crippen molar-refractivity contribution < 1.29 is 19.4 Å². The van der Waals surface area contributed by atoms with E-state index >= 15 is 0 Å². The lowest BCUT2D eigenvalue weighted by molar-refractivity contribution is -0.133. The van der Waals surface area contributed by atoms with E-state index in [1.165, 1.54) is 35.9 Å². The first-order chi connectivity index (χ1) is 18.5. The van der Waals surface area contributed by atoms with E-state index in [0.717, 1.165) is 49.0 Å². The molecule has 8 heteroatoms. The molecule has 7 nitrogen and oxygen atoms in total. The molecule has 1 amide bonds. The molecule has 0 spiro atoms. The Balaban J connectivity index is 0.00000308. The van der Waals surface area contributed by atoms with Gasteiger partial charge in [-0.3, -0.25) is 4.79 Å². The Morgan fingerprint density at radius 1 is 0.974 bits per heavy atom. The largest absolute Gasteiger partial charge is 0.478 e. The fourth-order valence-electron chi connectivity index (χ4n) is 6.91. The fraction of sp³-hybridized carbons (Fsp3) is 0.484. The Morgan fingerprint density at radius 2 is 1.77 bits per heavy atom. The number of halogens is 1. The number of amides is 1. The van der Waals surface area contributed by atoms with Crippen LogP contribution in [0.25, 0.3) is 22.2 Å². The number of fused-ring (bicyclic) bond motifs is 5. The first kappa shape index (κ1) is 27.5. The van der Waals surface area contributed by atoms with Crippen LogP contribution in [0.2, 0.25) is 0 Å². The zero-order valence-electron chi connectivity index (χ0n) is 22.6. The van der Waals surface area contributed by atoms with E-state index in [4.69, 9.17) is 4.74 Å². The standard InChI is InChI=1S/C31H37N3O4.ClH/c1-38-23-10-7-15-33(19-23)28(35)20-32-16-17-34-27-18-22(31(36)37)13-14-24(27)29(21-8-3-2-4-9-21)30(34)25-11-5-6-12-26(25)32;/h5-6,11-14,18,21,23H,2-4,7-10,15-17,19-20H2,1H3,(H,36,37);1H. The van der Waals surface area contributed by atoms with Crippen LogP contribution < -0.4 is 4.90 Å². The van der Waals surface area contributed by atoms with Crippen molar-refractivity contribution in [2.45, 2.75) is 63.5 Å². The molecule has 1 saturated heterocycles. The van der Waals surface area contributed by atoms with Crippen LogP contribution in [0.5, 0.6) is 0 Å². The summed E-state index contributed by atoms with van der Waals surface area (Å²) in [6, 6.07) is 14.1. The van der Waals surface area contributed by atoms with Gasteiger partial charge in [0.2, 0.25) is 5.91 Å². The van der Waals surface area contributed by atoms with Crippen molar-refractivity contribution in [3.05, 3.63) is 53.6 Å². The Hall–Kier alpha value is -3.03. The SMILES string of the molecule is COC1CCCN(C(=O)CN2CCn3c(c(C4CCCCC4)c4ccc(C(=O)O)cc43)-c3ccccc32)C1.Cl. The molecule has 3 aliphatic rings. The number of likely N-dealkylation sites (tertiary alicyclic amines) is 1. The van der Waals surface area contributed by atoms with E-state index in [1.54, 1.807) is 13.2 Å². The second-order valence-corrected chi connectivity index (χ2v) is 11.1. The Labute approximate surface area is 236 Å². The fourth-order valence-corrected chi connectivity index (χ4v) is 6.91. The van der Waals surface area contributed by atoms with Gasteiger partial charge in [0.1, 0.15) is 0 Å². The smallest absolute Gasteiger partial charge is 0.335 e. The molecule has 1 saturated carbocycles. The second-order valence-electron chi connectivity index (χ2n) is 11.1. The number of hydrogen-bond donors (Lipinski definition) is 1. The van der Waals surface area contributed by atoms with Gasteiger partial charge in [-0.15, -0.1) is 12.4 Å². The highest BCUT2D eigenvalue weighted by Gasteiger charge is 2.32. The number of rotatable bonds is 5. The number of aromatic carboxylic acids is 1. The van der Waals surface area contributed by atoms with Gasteiger partial charge in [-0.05, 0) is 55.4 Å². The number of anilines is 1. The lowest BCUT2D eigenvalue weighted by Gasteiger charge is -2.34. The first-order valence-corrected chi connectivity index (χ1v) is 14.1. The van der Waals surface area contributed by atoms with E-state index < -0.39 is 5.97 Å². The molecule has 39 heavy (non-hydrogen) atoms. The number of carbonyl (C=O) groups is 2. The summed E-state index contributed by atoms with van der Waals surface area (Å²) in [5.74, 6) is -0.309. The van der Waals surface area contributed by atoms with Crippen molar-refractivity contribution in [1.82, 2.24) is 9.47 Å². The summed E-state index contributed by atoms with van der Waals surface area (Å²) < 4.78 is 7.89. The third kappa shape index (κ3) is 5.14. The highest BCUT2D eigenvalue weighted by atomic mass is 35.5. The van der Waals surface area contributed by atoms with Crippen molar-refractivity contribution in [2.75, 3.05) is 38.2 Å². The van der Waals surface area contributed by atoms with Gasteiger partial charge in [-0.2, -0.15) is 0 Å². The monoisotopic (exact) mass is 551 g/mol. The summed E-state index contributed by atoms with van der Waals surface area (Å²) in [7, 11) is 1.72. The molecule has 2 aromatic carbocycles. The summed E-state index contributed by atoms with van der Waals surface area (Å²) in [5, 5.41) is 10.9. The van der Waals surface area contributed by atoms with E-state index in [1.807, 2.05) is 17.0 Å². The molecule has 2 fully saturated rings. The summed E-state index contributed by atoms with van der Waals surface area (Å²) in [6.07, 6.45) is 8.12. The highest BCUT2D eigenvalue weighted by molar-refractivity contribution is 6.00. The average Bonchev–Trinajstić information content (AvgIpc) is 3.20. The molecule has 2 aliphatic heterocycles. The second kappa shape index (κ2) is 11.6. The van der Waals surface area contributed by atoms with Gasteiger partial charge in [0, 0.05) is 55.4 Å². The zero-order chi connectivity index (χ0) is 26.2.